The Morgan fingerprint density at radius 1 is 0.625 bits per heavy atom. The Kier molecular flexibility index (Phi) is 6.90. The number of hydrogen-bond acceptors (Lipinski definition) is 5. The van der Waals surface area contributed by atoms with E-state index < -0.39 is 18.7 Å². The molecule has 0 saturated carbocycles. The van der Waals surface area contributed by atoms with Gasteiger partial charge in [0.05, 0.1) is 0 Å². The van der Waals surface area contributed by atoms with Crippen molar-refractivity contribution in [2.75, 3.05) is 28.4 Å². The van der Waals surface area contributed by atoms with Gasteiger partial charge < -0.3 is 24.1 Å². The van der Waals surface area contributed by atoms with Gasteiger partial charge in [-0.3, -0.25) is 0 Å². The summed E-state index contributed by atoms with van der Waals surface area (Å²) in [5.41, 5.74) is 3.21. The molecule has 2 aromatic rings. The van der Waals surface area contributed by atoms with Crippen molar-refractivity contribution in [2.24, 2.45) is 0 Å². The van der Waals surface area contributed by atoms with Crippen molar-refractivity contribution in [3.05, 3.63) is 70.8 Å². The first-order valence-corrected chi connectivity index (χ1v) is 7.63. The molecule has 5 nitrogen and oxygen atoms in total. The molecule has 0 aliphatic rings. The Labute approximate surface area is 142 Å². The van der Waals surface area contributed by atoms with E-state index in [1.807, 2.05) is 48.5 Å². The minimum Gasteiger partial charge on any atom is -0.384 e. The first kappa shape index (κ1) is 18.6. The lowest BCUT2D eigenvalue weighted by Gasteiger charge is -2.19. The van der Waals surface area contributed by atoms with Gasteiger partial charge in [-0.2, -0.15) is 0 Å². The summed E-state index contributed by atoms with van der Waals surface area (Å²) < 4.78 is 21.1. The zero-order chi connectivity index (χ0) is 17.5. The van der Waals surface area contributed by atoms with Crippen LogP contribution in [0.3, 0.4) is 0 Å². The Morgan fingerprint density at radius 2 is 0.958 bits per heavy atom. The van der Waals surface area contributed by atoms with Crippen LogP contribution in [0.1, 0.15) is 40.9 Å². The molecule has 0 heterocycles. The molecule has 0 unspecified atom stereocenters. The van der Waals surface area contributed by atoms with Crippen LogP contribution in [0.15, 0.2) is 48.5 Å². The summed E-state index contributed by atoms with van der Waals surface area (Å²) >= 11 is 0. The minimum atomic E-state index is -0.770. The maximum absolute atomic E-state index is 10.7. The van der Waals surface area contributed by atoms with Crippen LogP contribution in [-0.4, -0.2) is 33.5 Å². The molecule has 2 aromatic carbocycles. The molecule has 0 aliphatic carbocycles. The van der Waals surface area contributed by atoms with Gasteiger partial charge >= 0.3 is 0 Å². The molecule has 0 atom stereocenters. The van der Waals surface area contributed by atoms with Crippen LogP contribution in [0.4, 0.5) is 0 Å². The number of benzene rings is 2. The third-order valence-corrected chi connectivity index (χ3v) is 3.85. The molecule has 0 spiro atoms. The minimum absolute atomic E-state index is 0.463. The second-order valence-corrected chi connectivity index (χ2v) is 5.35. The van der Waals surface area contributed by atoms with E-state index in [4.69, 9.17) is 18.9 Å². The quantitative estimate of drug-likeness (QED) is 0.751. The summed E-state index contributed by atoms with van der Waals surface area (Å²) in [6, 6.07) is 15.0. The Bertz CT molecular complexity index is 580. The van der Waals surface area contributed by atoms with Crippen molar-refractivity contribution in [3.63, 3.8) is 0 Å². The summed E-state index contributed by atoms with van der Waals surface area (Å²) in [5, 5.41) is 10.7. The maximum Gasteiger partial charge on any atom is 0.183 e. The second-order valence-electron chi connectivity index (χ2n) is 5.35. The molecule has 0 bridgehead atoms. The lowest BCUT2D eigenvalue weighted by molar-refractivity contribution is -0.106. The van der Waals surface area contributed by atoms with Gasteiger partial charge in [-0.05, 0) is 23.3 Å². The standard InChI is InChI=1S/C19H24O5/c1-21-18(22-2)15-9-5-7-13(11-15)17(20)14-8-6-10-16(12-14)19(23-3)24-4/h5-12,17-20H,1-4H3. The molecule has 0 aliphatic heterocycles. The van der Waals surface area contributed by atoms with Gasteiger partial charge in [-0.25, -0.2) is 0 Å². The van der Waals surface area contributed by atoms with Crippen molar-refractivity contribution >= 4 is 0 Å². The van der Waals surface area contributed by atoms with Crippen molar-refractivity contribution in [1.29, 1.82) is 0 Å². The summed E-state index contributed by atoms with van der Waals surface area (Å²) in [5.74, 6) is 0. The average molecular weight is 332 g/mol. The van der Waals surface area contributed by atoms with E-state index in [-0.39, 0.29) is 0 Å². The number of aliphatic hydroxyl groups excluding tert-OH is 1. The molecule has 0 amide bonds. The van der Waals surface area contributed by atoms with E-state index in [9.17, 15) is 5.11 Å². The maximum atomic E-state index is 10.7. The molecular weight excluding hydrogens is 308 g/mol. The lowest BCUT2D eigenvalue weighted by Crippen LogP contribution is -2.07. The van der Waals surface area contributed by atoms with Crippen molar-refractivity contribution in [3.8, 4) is 0 Å². The van der Waals surface area contributed by atoms with Crippen LogP contribution in [0.5, 0.6) is 0 Å². The molecule has 2 rings (SSSR count). The lowest BCUT2D eigenvalue weighted by atomic mass is 9.98. The topological polar surface area (TPSA) is 57.2 Å². The van der Waals surface area contributed by atoms with Gasteiger partial charge in [0, 0.05) is 39.6 Å². The normalized spacial score (nSPS) is 11.7. The molecule has 130 valence electrons. The van der Waals surface area contributed by atoms with E-state index in [0.29, 0.717) is 0 Å². The highest BCUT2D eigenvalue weighted by Crippen LogP contribution is 2.28. The van der Waals surface area contributed by atoms with Crippen LogP contribution >= 0.6 is 0 Å². The molecule has 24 heavy (non-hydrogen) atoms. The molecule has 1 N–H and O–H groups in total. The molecule has 0 fully saturated rings. The fourth-order valence-electron chi connectivity index (χ4n) is 2.68. The third kappa shape index (κ3) is 4.20. The van der Waals surface area contributed by atoms with Crippen LogP contribution in [0, 0.1) is 0 Å². The van der Waals surface area contributed by atoms with Crippen LogP contribution in [0.2, 0.25) is 0 Å². The van der Waals surface area contributed by atoms with Crippen LogP contribution < -0.4 is 0 Å². The highest BCUT2D eigenvalue weighted by atomic mass is 16.7. The molecule has 0 saturated heterocycles. The van der Waals surface area contributed by atoms with Gasteiger partial charge in [0.15, 0.2) is 12.6 Å². The summed E-state index contributed by atoms with van der Waals surface area (Å²) in [6.07, 6.45) is -1.70. The van der Waals surface area contributed by atoms with E-state index in [0.717, 1.165) is 22.3 Å². The van der Waals surface area contributed by atoms with E-state index in [2.05, 4.69) is 0 Å². The van der Waals surface area contributed by atoms with E-state index in [1.54, 1.807) is 28.4 Å². The molecule has 5 heteroatoms. The number of aliphatic hydroxyl groups is 1. The van der Waals surface area contributed by atoms with Gasteiger partial charge in [0.2, 0.25) is 0 Å². The monoisotopic (exact) mass is 332 g/mol. The van der Waals surface area contributed by atoms with Gasteiger partial charge in [-0.15, -0.1) is 0 Å². The highest BCUT2D eigenvalue weighted by molar-refractivity contribution is 5.35. The summed E-state index contributed by atoms with van der Waals surface area (Å²) in [7, 11) is 6.32. The van der Waals surface area contributed by atoms with Gasteiger partial charge in [0.1, 0.15) is 6.10 Å². The number of ether oxygens (including phenoxy) is 4. The molecule has 0 aromatic heterocycles. The first-order valence-electron chi connectivity index (χ1n) is 7.63. The smallest absolute Gasteiger partial charge is 0.183 e. The summed E-state index contributed by atoms with van der Waals surface area (Å²) in [4.78, 5) is 0. The van der Waals surface area contributed by atoms with Gasteiger partial charge in [-0.1, -0.05) is 36.4 Å². The van der Waals surface area contributed by atoms with E-state index in [1.165, 1.54) is 0 Å². The fraction of sp³-hybridized carbons (Fsp3) is 0.368. The number of hydrogen-bond donors (Lipinski definition) is 1. The number of methoxy groups -OCH3 is 4. The summed E-state index contributed by atoms with van der Waals surface area (Å²) in [6.45, 7) is 0. The van der Waals surface area contributed by atoms with Gasteiger partial charge in [0.25, 0.3) is 0 Å². The SMILES string of the molecule is COC(OC)c1cccc(C(O)c2cccc(C(OC)OC)c2)c1. The Hall–Kier alpha value is -1.76. The van der Waals surface area contributed by atoms with E-state index >= 15 is 0 Å². The Morgan fingerprint density at radius 3 is 1.29 bits per heavy atom. The predicted octanol–water partition coefficient (Wildman–Crippen LogP) is 3.35. The zero-order valence-electron chi connectivity index (χ0n) is 14.4. The van der Waals surface area contributed by atoms with Crippen molar-refractivity contribution in [1.82, 2.24) is 0 Å². The van der Waals surface area contributed by atoms with Crippen molar-refractivity contribution < 1.29 is 24.1 Å². The second kappa shape index (κ2) is 8.92. The largest absolute Gasteiger partial charge is 0.384 e. The zero-order valence-corrected chi connectivity index (χ0v) is 14.4. The molecular formula is C19H24O5. The highest BCUT2D eigenvalue weighted by Gasteiger charge is 2.16. The fourth-order valence-corrected chi connectivity index (χ4v) is 2.68. The average Bonchev–Trinajstić information content (AvgIpc) is 2.64. The van der Waals surface area contributed by atoms with Crippen LogP contribution in [0.25, 0.3) is 0 Å². The first-order chi connectivity index (χ1) is 11.6. The van der Waals surface area contributed by atoms with Crippen LogP contribution in [-0.2, 0) is 18.9 Å². The molecule has 0 radical (unpaired) electrons. The predicted molar refractivity (Wildman–Crippen MR) is 90.5 cm³/mol. The number of rotatable bonds is 8. The van der Waals surface area contributed by atoms with Crippen molar-refractivity contribution in [2.45, 2.75) is 18.7 Å². The third-order valence-electron chi connectivity index (χ3n) is 3.85. The Balaban J connectivity index is 2.30.